The van der Waals surface area contributed by atoms with E-state index in [1.165, 1.54) is 32.1 Å². The van der Waals surface area contributed by atoms with Crippen LogP contribution in [0.5, 0.6) is 0 Å². The van der Waals surface area contributed by atoms with Gasteiger partial charge in [0, 0.05) is 49.0 Å². The summed E-state index contributed by atoms with van der Waals surface area (Å²) in [5, 5.41) is 12.9. The van der Waals surface area contributed by atoms with Gasteiger partial charge in [0.25, 0.3) is 5.91 Å². The number of aromatic nitrogens is 1. The highest BCUT2D eigenvalue weighted by molar-refractivity contribution is 5.93. The quantitative estimate of drug-likeness (QED) is 0.560. The van der Waals surface area contributed by atoms with Gasteiger partial charge in [-0.1, -0.05) is 6.92 Å². The number of rotatable bonds is 4. The molecule has 3 N–H and O–H groups in total. The summed E-state index contributed by atoms with van der Waals surface area (Å²) < 4.78 is 0. The van der Waals surface area contributed by atoms with Crippen molar-refractivity contribution in [2.75, 3.05) is 6.54 Å². The fraction of sp³-hybridized carbons (Fsp3) is 0.714. The van der Waals surface area contributed by atoms with Gasteiger partial charge < -0.3 is 5.32 Å². The van der Waals surface area contributed by atoms with E-state index >= 15 is 0 Å². The minimum atomic E-state index is -0.489. The van der Waals surface area contributed by atoms with E-state index in [2.05, 4.69) is 22.1 Å². The van der Waals surface area contributed by atoms with Gasteiger partial charge in [0.1, 0.15) is 0 Å². The molecule has 6 heteroatoms. The molecule has 1 aromatic heterocycles. The van der Waals surface area contributed by atoms with E-state index < -0.39 is 5.91 Å². The van der Waals surface area contributed by atoms with E-state index in [9.17, 15) is 4.79 Å². The number of piperidine rings is 2. The summed E-state index contributed by atoms with van der Waals surface area (Å²) in [6.45, 7) is 4.21. The third kappa shape index (κ3) is 3.08. The summed E-state index contributed by atoms with van der Waals surface area (Å²) in [7, 11) is 0. The van der Waals surface area contributed by atoms with Crippen molar-refractivity contribution in [2.24, 2.45) is 11.8 Å². The number of hydroxylamine groups is 1. The van der Waals surface area contributed by atoms with Crippen molar-refractivity contribution in [1.82, 2.24) is 20.7 Å². The largest absolute Gasteiger partial charge is 0.307 e. The predicted molar refractivity (Wildman–Crippen MR) is 101 cm³/mol. The minimum Gasteiger partial charge on any atom is -0.307 e. The van der Waals surface area contributed by atoms with E-state index in [-0.39, 0.29) is 5.54 Å². The normalized spacial score (nSPS) is 37.3. The molecule has 0 radical (unpaired) electrons. The molecule has 0 spiro atoms. The lowest BCUT2D eigenvalue weighted by Crippen LogP contribution is -2.68. The van der Waals surface area contributed by atoms with E-state index in [0.29, 0.717) is 11.6 Å². The summed E-state index contributed by atoms with van der Waals surface area (Å²) in [4.78, 5) is 18.9. The summed E-state index contributed by atoms with van der Waals surface area (Å²) in [5.41, 5.74) is 4.67. The lowest BCUT2D eigenvalue weighted by Gasteiger charge is -2.59. The first-order valence-corrected chi connectivity index (χ1v) is 10.5. The van der Waals surface area contributed by atoms with Gasteiger partial charge in [0.05, 0.1) is 5.56 Å². The van der Waals surface area contributed by atoms with Crippen LogP contribution in [0.1, 0.15) is 67.1 Å². The summed E-state index contributed by atoms with van der Waals surface area (Å²) in [6.07, 6.45) is 10.5. The van der Waals surface area contributed by atoms with Crippen LogP contribution >= 0.6 is 0 Å². The Morgan fingerprint density at radius 3 is 2.81 bits per heavy atom. The van der Waals surface area contributed by atoms with Crippen LogP contribution in [0.3, 0.4) is 0 Å². The number of hydrogen-bond acceptors (Lipinski definition) is 5. The smallest absolute Gasteiger partial charge is 0.276 e. The van der Waals surface area contributed by atoms with Gasteiger partial charge >= 0.3 is 0 Å². The molecule has 2 aliphatic carbocycles. The number of fused-ring (bicyclic) bond motifs is 1. The molecule has 3 aliphatic heterocycles. The van der Waals surface area contributed by atoms with Crippen molar-refractivity contribution in [2.45, 2.75) is 76.0 Å². The number of hydrogen-bond donors (Lipinski definition) is 3. The average molecular weight is 370 g/mol. The number of nitrogens with one attached hydrogen (secondary N) is 2. The molecule has 4 heterocycles. The maximum absolute atomic E-state index is 11.8. The molecule has 6 nitrogen and oxygen atoms in total. The Balaban J connectivity index is 1.39. The SMILES string of the molecule is CC[C@H]1Cc2ncc(C(=O)NO)cc2CN1CC12CC3CC(CC(C3)N1)C2. The third-order valence-electron chi connectivity index (χ3n) is 7.49. The molecular formula is C21H30N4O2. The number of carbonyl (C=O) groups is 1. The molecule has 2 saturated heterocycles. The Morgan fingerprint density at radius 2 is 2.15 bits per heavy atom. The summed E-state index contributed by atoms with van der Waals surface area (Å²) in [5.74, 6) is 1.35. The van der Waals surface area contributed by atoms with Crippen molar-refractivity contribution in [1.29, 1.82) is 0 Å². The first-order valence-electron chi connectivity index (χ1n) is 10.5. The van der Waals surface area contributed by atoms with Crippen LogP contribution in [0.25, 0.3) is 0 Å². The Morgan fingerprint density at radius 1 is 1.37 bits per heavy atom. The number of amides is 1. The predicted octanol–water partition coefficient (Wildman–Crippen LogP) is 2.26. The first kappa shape index (κ1) is 17.6. The summed E-state index contributed by atoms with van der Waals surface area (Å²) >= 11 is 0. The topological polar surface area (TPSA) is 77.5 Å². The molecule has 1 aromatic rings. The summed E-state index contributed by atoms with van der Waals surface area (Å²) in [6, 6.07) is 3.15. The second-order valence-electron chi connectivity index (χ2n) is 9.41. The monoisotopic (exact) mass is 370 g/mol. The molecular weight excluding hydrogens is 340 g/mol. The van der Waals surface area contributed by atoms with Crippen LogP contribution in [0, 0.1) is 11.8 Å². The Labute approximate surface area is 160 Å². The Bertz CT molecular complexity index is 714. The fourth-order valence-corrected chi connectivity index (χ4v) is 6.65. The van der Waals surface area contributed by atoms with Crippen LogP contribution in [0.4, 0.5) is 0 Å². The molecule has 2 saturated carbocycles. The van der Waals surface area contributed by atoms with Gasteiger partial charge in [-0.25, -0.2) is 5.48 Å². The molecule has 2 unspecified atom stereocenters. The highest BCUT2D eigenvalue weighted by Crippen LogP contribution is 2.50. The minimum absolute atomic E-state index is 0.285. The van der Waals surface area contributed by atoms with E-state index in [1.54, 1.807) is 11.7 Å². The van der Waals surface area contributed by atoms with E-state index in [1.807, 2.05) is 6.07 Å². The lowest BCUT2D eigenvalue weighted by molar-refractivity contribution is -0.0309. The van der Waals surface area contributed by atoms with Gasteiger partial charge in [0.15, 0.2) is 0 Å². The third-order valence-corrected chi connectivity index (χ3v) is 7.49. The average Bonchev–Trinajstić information content (AvgIpc) is 2.65. The standard InChI is InChI=1S/C21H30N4O2/c1-2-18-7-19-16(6-15(10-22-19)20(26)24-27)11-25(18)12-21-8-13-3-14(9-21)5-17(4-13)23-21/h6,10,13-14,17-18,23,27H,2-5,7-9,11-12H2,1H3,(H,24,26)/t13?,14?,17?,18-,21?/m0/s1. The fourth-order valence-electron chi connectivity index (χ4n) is 6.65. The number of pyridine rings is 1. The maximum Gasteiger partial charge on any atom is 0.276 e. The maximum atomic E-state index is 11.8. The molecule has 27 heavy (non-hydrogen) atoms. The van der Waals surface area contributed by atoms with Crippen molar-refractivity contribution in [3.8, 4) is 0 Å². The number of nitrogens with zero attached hydrogens (tertiary/aromatic N) is 2. The zero-order valence-electron chi connectivity index (χ0n) is 16.1. The van der Waals surface area contributed by atoms with Crippen LogP contribution in [0.15, 0.2) is 12.3 Å². The van der Waals surface area contributed by atoms with Gasteiger partial charge in [-0.2, -0.15) is 0 Å². The second-order valence-corrected chi connectivity index (χ2v) is 9.41. The molecule has 4 bridgehead atoms. The molecule has 5 aliphatic rings. The Hall–Kier alpha value is -1.50. The van der Waals surface area contributed by atoms with E-state index in [4.69, 9.17) is 5.21 Å². The molecule has 6 rings (SSSR count). The first-order chi connectivity index (χ1) is 13.1. The van der Waals surface area contributed by atoms with Gasteiger partial charge in [-0.3, -0.25) is 19.9 Å². The van der Waals surface area contributed by atoms with Gasteiger partial charge in [-0.15, -0.1) is 0 Å². The van der Waals surface area contributed by atoms with Gasteiger partial charge in [0.2, 0.25) is 0 Å². The van der Waals surface area contributed by atoms with Crippen LogP contribution in [0.2, 0.25) is 0 Å². The zero-order chi connectivity index (χ0) is 18.6. The van der Waals surface area contributed by atoms with Crippen molar-refractivity contribution in [3.05, 3.63) is 29.1 Å². The van der Waals surface area contributed by atoms with Crippen LogP contribution < -0.4 is 10.8 Å². The van der Waals surface area contributed by atoms with E-state index in [0.717, 1.165) is 55.1 Å². The lowest BCUT2D eigenvalue weighted by atomic mass is 9.59. The van der Waals surface area contributed by atoms with Gasteiger partial charge in [-0.05, 0) is 62.0 Å². The molecule has 3 atom stereocenters. The van der Waals surface area contributed by atoms with Crippen LogP contribution in [-0.2, 0) is 13.0 Å². The molecule has 1 amide bonds. The molecule has 146 valence electrons. The van der Waals surface area contributed by atoms with Crippen LogP contribution in [-0.4, -0.2) is 45.2 Å². The second kappa shape index (κ2) is 6.54. The highest BCUT2D eigenvalue weighted by Gasteiger charge is 2.51. The van der Waals surface area contributed by atoms with Crippen molar-refractivity contribution < 1.29 is 10.0 Å². The molecule has 0 aromatic carbocycles. The van der Waals surface area contributed by atoms with Crippen molar-refractivity contribution >= 4 is 5.91 Å². The highest BCUT2D eigenvalue weighted by atomic mass is 16.5. The van der Waals surface area contributed by atoms with Crippen molar-refractivity contribution in [3.63, 3.8) is 0 Å². The molecule has 4 fully saturated rings. The number of carbonyl (C=O) groups excluding carboxylic acids is 1. The zero-order valence-corrected chi connectivity index (χ0v) is 16.1. The Kier molecular flexibility index (Phi) is 4.26.